The van der Waals surface area contributed by atoms with Crippen LogP contribution in [0.1, 0.15) is 27.3 Å². The Morgan fingerprint density at radius 2 is 1.93 bits per heavy atom. The number of hydrogen-bond acceptors (Lipinski definition) is 6. The van der Waals surface area contributed by atoms with Gasteiger partial charge in [-0.2, -0.15) is 0 Å². The lowest BCUT2D eigenvalue weighted by molar-refractivity contribution is -0.117. The highest BCUT2D eigenvalue weighted by atomic mass is 32.1. The first kappa shape index (κ1) is 19.3. The number of carbonyl (C=O) groups excluding carboxylic acids is 2. The van der Waals surface area contributed by atoms with Gasteiger partial charge in [-0.15, -0.1) is 0 Å². The summed E-state index contributed by atoms with van der Waals surface area (Å²) in [7, 11) is 1.32. The lowest BCUT2D eigenvalue weighted by atomic mass is 10.1. The number of fused-ring (bicyclic) bond motifs is 1. The zero-order chi connectivity index (χ0) is 19.6. The number of carbonyl (C=O) groups is 2. The van der Waals surface area contributed by atoms with Gasteiger partial charge in [-0.05, 0) is 31.9 Å². The molecular weight excluding hydrogens is 364 g/mol. The Morgan fingerprint density at radius 1 is 1.22 bits per heavy atom. The zero-order valence-electron chi connectivity index (χ0n) is 16.0. The van der Waals surface area contributed by atoms with E-state index in [0.717, 1.165) is 40.4 Å². The maximum atomic E-state index is 12.5. The van der Waals surface area contributed by atoms with Gasteiger partial charge in [-0.1, -0.05) is 29.0 Å². The molecule has 1 aromatic carbocycles. The fraction of sp³-hybridized carbons (Fsp3) is 0.421. The van der Waals surface area contributed by atoms with Gasteiger partial charge in [0, 0.05) is 30.1 Å². The van der Waals surface area contributed by atoms with Crippen LogP contribution in [0.2, 0.25) is 0 Å². The number of aryl methyl sites for hydroxylation is 3. The fourth-order valence-electron chi connectivity index (χ4n) is 3.33. The Morgan fingerprint density at radius 3 is 2.59 bits per heavy atom. The maximum absolute atomic E-state index is 12.5. The molecule has 1 aromatic heterocycles. The number of benzene rings is 1. The lowest BCUT2D eigenvalue weighted by Gasteiger charge is -2.25. The van der Waals surface area contributed by atoms with Gasteiger partial charge in [-0.3, -0.25) is 15.0 Å². The molecule has 0 radical (unpaired) electrons. The molecule has 2 N–H and O–H groups in total. The summed E-state index contributed by atoms with van der Waals surface area (Å²) in [5.41, 5.74) is 5.21. The van der Waals surface area contributed by atoms with Gasteiger partial charge >= 0.3 is 6.09 Å². The van der Waals surface area contributed by atoms with Gasteiger partial charge in [0.15, 0.2) is 5.13 Å². The van der Waals surface area contributed by atoms with Crippen LogP contribution in [-0.4, -0.2) is 42.1 Å². The molecular formula is C19H24N4O3S. The van der Waals surface area contributed by atoms with Crippen molar-refractivity contribution in [3.8, 4) is 0 Å². The summed E-state index contributed by atoms with van der Waals surface area (Å²) in [6.07, 6.45) is 0.228. The van der Waals surface area contributed by atoms with Crippen molar-refractivity contribution >= 4 is 34.2 Å². The topological polar surface area (TPSA) is 83.6 Å². The van der Waals surface area contributed by atoms with Crippen LogP contribution >= 0.6 is 11.3 Å². The highest BCUT2D eigenvalue weighted by Gasteiger charge is 2.23. The normalized spacial score (nSPS) is 13.8. The summed E-state index contributed by atoms with van der Waals surface area (Å²) < 4.78 is 4.60. The SMILES string of the molecule is COC(=O)Nc1nc2c(s1)CN(CC(=O)Nc1c(C)cc(C)cc1C)CC2. The predicted molar refractivity (Wildman–Crippen MR) is 106 cm³/mol. The largest absolute Gasteiger partial charge is 0.453 e. The highest BCUT2D eigenvalue weighted by molar-refractivity contribution is 7.15. The predicted octanol–water partition coefficient (Wildman–Crippen LogP) is 3.24. The number of methoxy groups -OCH3 is 1. The van der Waals surface area contributed by atoms with Crippen LogP contribution in [0.15, 0.2) is 12.1 Å². The number of nitrogens with one attached hydrogen (secondary N) is 2. The molecule has 0 unspecified atom stereocenters. The molecule has 0 spiro atoms. The second-order valence-corrected chi connectivity index (χ2v) is 7.87. The standard InChI is InChI=1S/C19H24N4O3S/c1-11-7-12(2)17(13(3)8-11)21-16(24)10-23-6-5-14-15(9-23)27-18(20-14)22-19(25)26-4/h7-8H,5-6,9-10H2,1-4H3,(H,21,24)(H,20,22,25). The van der Waals surface area contributed by atoms with Crippen LogP contribution in [0.3, 0.4) is 0 Å². The Labute approximate surface area is 162 Å². The fourth-order valence-corrected chi connectivity index (χ4v) is 4.37. The molecule has 2 aromatic rings. The smallest absolute Gasteiger partial charge is 0.413 e. The molecule has 1 aliphatic rings. The molecule has 3 rings (SSSR count). The number of hydrogen-bond donors (Lipinski definition) is 2. The molecule has 144 valence electrons. The summed E-state index contributed by atoms with van der Waals surface area (Å²) >= 11 is 1.42. The third kappa shape index (κ3) is 4.64. The lowest BCUT2D eigenvalue weighted by Crippen LogP contribution is -2.36. The van der Waals surface area contributed by atoms with Crippen molar-refractivity contribution in [1.29, 1.82) is 0 Å². The van der Waals surface area contributed by atoms with E-state index in [4.69, 9.17) is 0 Å². The molecule has 27 heavy (non-hydrogen) atoms. The second kappa shape index (κ2) is 8.06. The number of ether oxygens (including phenoxy) is 1. The van der Waals surface area contributed by atoms with Crippen LogP contribution in [-0.2, 0) is 22.5 Å². The van der Waals surface area contributed by atoms with Crippen molar-refractivity contribution in [1.82, 2.24) is 9.88 Å². The third-order valence-electron chi connectivity index (χ3n) is 4.51. The van der Waals surface area contributed by atoms with Crippen LogP contribution in [0.5, 0.6) is 0 Å². The molecule has 1 aliphatic heterocycles. The Hall–Kier alpha value is -2.45. The van der Waals surface area contributed by atoms with Gasteiger partial charge < -0.3 is 10.1 Å². The molecule has 0 atom stereocenters. The molecule has 7 nitrogen and oxygen atoms in total. The first-order valence-corrected chi connectivity index (χ1v) is 9.61. The number of amides is 2. The molecule has 2 heterocycles. The molecule has 0 bridgehead atoms. The van der Waals surface area contributed by atoms with Crippen LogP contribution in [0.4, 0.5) is 15.6 Å². The quantitative estimate of drug-likeness (QED) is 0.840. The maximum Gasteiger partial charge on any atom is 0.413 e. The minimum absolute atomic E-state index is 0.0223. The summed E-state index contributed by atoms with van der Waals surface area (Å²) in [5.74, 6) is -0.0223. The first-order valence-electron chi connectivity index (χ1n) is 8.79. The van der Waals surface area contributed by atoms with Gasteiger partial charge in [0.05, 0.1) is 19.3 Å². The Kier molecular flexibility index (Phi) is 5.76. The Bertz CT molecular complexity index is 855. The van der Waals surface area contributed by atoms with Crippen molar-refractivity contribution < 1.29 is 14.3 Å². The summed E-state index contributed by atoms with van der Waals surface area (Å²) in [4.78, 5) is 31.5. The minimum Gasteiger partial charge on any atom is -0.453 e. The van der Waals surface area contributed by atoms with Crippen molar-refractivity contribution in [2.75, 3.05) is 30.8 Å². The van der Waals surface area contributed by atoms with E-state index in [1.807, 2.05) is 13.8 Å². The van der Waals surface area contributed by atoms with Crippen LogP contribution in [0.25, 0.3) is 0 Å². The van der Waals surface area contributed by atoms with E-state index in [-0.39, 0.29) is 5.91 Å². The first-order chi connectivity index (χ1) is 12.9. The summed E-state index contributed by atoms with van der Waals surface area (Å²) in [6.45, 7) is 7.80. The number of rotatable bonds is 4. The van der Waals surface area contributed by atoms with Gasteiger partial charge in [0.1, 0.15) is 0 Å². The van der Waals surface area contributed by atoms with E-state index >= 15 is 0 Å². The summed E-state index contributed by atoms with van der Waals surface area (Å²) in [5, 5.41) is 6.18. The monoisotopic (exact) mass is 388 g/mol. The third-order valence-corrected chi connectivity index (χ3v) is 5.51. The molecule has 0 fully saturated rings. The van der Waals surface area contributed by atoms with Gasteiger partial charge in [0.2, 0.25) is 5.91 Å². The van der Waals surface area contributed by atoms with Crippen molar-refractivity contribution in [2.24, 2.45) is 0 Å². The zero-order valence-corrected chi connectivity index (χ0v) is 16.8. The summed E-state index contributed by atoms with van der Waals surface area (Å²) in [6, 6.07) is 4.14. The van der Waals surface area contributed by atoms with Crippen molar-refractivity contribution in [3.05, 3.63) is 39.4 Å². The van der Waals surface area contributed by atoms with E-state index in [2.05, 4.69) is 44.3 Å². The average molecular weight is 388 g/mol. The minimum atomic E-state index is -0.527. The molecule has 0 aliphatic carbocycles. The number of aromatic nitrogens is 1. The molecule has 0 saturated carbocycles. The molecule has 2 amide bonds. The van der Waals surface area contributed by atoms with Gasteiger partial charge in [-0.25, -0.2) is 9.78 Å². The molecule has 0 saturated heterocycles. The highest BCUT2D eigenvalue weighted by Crippen LogP contribution is 2.28. The van der Waals surface area contributed by atoms with Crippen LogP contribution in [0, 0.1) is 20.8 Å². The van der Waals surface area contributed by atoms with E-state index in [0.29, 0.717) is 18.2 Å². The van der Waals surface area contributed by atoms with Crippen molar-refractivity contribution in [3.63, 3.8) is 0 Å². The average Bonchev–Trinajstić information content (AvgIpc) is 2.99. The van der Waals surface area contributed by atoms with E-state index in [9.17, 15) is 9.59 Å². The second-order valence-electron chi connectivity index (χ2n) is 6.79. The van der Waals surface area contributed by atoms with Gasteiger partial charge in [0.25, 0.3) is 0 Å². The van der Waals surface area contributed by atoms with E-state index in [1.54, 1.807) is 0 Å². The van der Waals surface area contributed by atoms with E-state index < -0.39 is 6.09 Å². The Balaban J connectivity index is 1.61. The number of anilines is 2. The molecule has 8 heteroatoms. The van der Waals surface area contributed by atoms with Crippen LogP contribution < -0.4 is 10.6 Å². The number of thiazole rings is 1. The van der Waals surface area contributed by atoms with Crippen molar-refractivity contribution in [2.45, 2.75) is 33.7 Å². The number of nitrogens with zero attached hydrogens (tertiary/aromatic N) is 2. The van der Waals surface area contributed by atoms with E-state index in [1.165, 1.54) is 24.0 Å².